The molecule has 0 aromatic heterocycles. The first kappa shape index (κ1) is 19.8. The predicted molar refractivity (Wildman–Crippen MR) is 113 cm³/mol. The number of hydrogen-bond acceptors (Lipinski definition) is 4. The number of rotatable bonds is 4. The number of nitrogens with one attached hydrogen (secondary N) is 1. The molecule has 3 amide bonds. The van der Waals surface area contributed by atoms with Gasteiger partial charge in [0.1, 0.15) is 0 Å². The molecule has 0 spiro atoms. The molecule has 1 aliphatic carbocycles. The van der Waals surface area contributed by atoms with Gasteiger partial charge in [0.25, 0.3) is 5.91 Å². The summed E-state index contributed by atoms with van der Waals surface area (Å²) in [5.41, 5.74) is 3.00. The molecule has 2 aliphatic rings. The van der Waals surface area contributed by atoms with E-state index in [1.807, 2.05) is 13.0 Å². The lowest BCUT2D eigenvalue weighted by molar-refractivity contribution is -0.122. The summed E-state index contributed by atoms with van der Waals surface area (Å²) in [6.45, 7) is 3.46. The van der Waals surface area contributed by atoms with Crippen molar-refractivity contribution in [3.63, 3.8) is 0 Å². The average Bonchev–Trinajstić information content (AvgIpc) is 2.98. The van der Waals surface area contributed by atoms with Crippen molar-refractivity contribution in [2.45, 2.75) is 26.7 Å². The Morgan fingerprint density at radius 2 is 1.67 bits per heavy atom. The van der Waals surface area contributed by atoms with E-state index in [4.69, 9.17) is 0 Å². The van der Waals surface area contributed by atoms with E-state index in [1.165, 1.54) is 11.8 Å². The number of nitrogens with zero attached hydrogens (tertiary/aromatic N) is 1. The van der Waals surface area contributed by atoms with Crippen LogP contribution in [0.25, 0.3) is 0 Å². The number of amides is 3. The summed E-state index contributed by atoms with van der Waals surface area (Å²) in [7, 11) is 0. The van der Waals surface area contributed by atoms with Crippen molar-refractivity contribution in [2.75, 3.05) is 10.2 Å². The summed E-state index contributed by atoms with van der Waals surface area (Å²) in [4.78, 5) is 51.1. The minimum Gasteiger partial charge on any atom is -0.322 e. The number of imide groups is 1. The van der Waals surface area contributed by atoms with Crippen LogP contribution in [0.15, 0.2) is 60.2 Å². The molecule has 0 unspecified atom stereocenters. The summed E-state index contributed by atoms with van der Waals surface area (Å²) >= 11 is 0. The lowest BCUT2D eigenvalue weighted by atomic mass is 9.82. The van der Waals surface area contributed by atoms with Crippen molar-refractivity contribution >= 4 is 34.9 Å². The van der Waals surface area contributed by atoms with Gasteiger partial charge >= 0.3 is 0 Å². The SMILES string of the molecule is CC(=O)c1ccc(NC(=O)c2cccc(N3C(=O)[C@H]4CC(C)=CC[C@H]4C3=O)c2)cc1. The molecule has 2 aromatic carbocycles. The van der Waals surface area contributed by atoms with Crippen molar-refractivity contribution in [3.8, 4) is 0 Å². The Morgan fingerprint density at radius 1 is 0.967 bits per heavy atom. The molecular formula is C24H22N2O4. The Bertz CT molecular complexity index is 1080. The van der Waals surface area contributed by atoms with E-state index in [0.717, 1.165) is 5.57 Å². The predicted octanol–water partition coefficient (Wildman–Crippen LogP) is 3.99. The molecule has 4 rings (SSSR count). The molecule has 0 saturated carbocycles. The van der Waals surface area contributed by atoms with Crippen LogP contribution in [0.4, 0.5) is 11.4 Å². The van der Waals surface area contributed by atoms with Gasteiger partial charge in [-0.05, 0) is 69.2 Å². The van der Waals surface area contributed by atoms with Gasteiger partial charge in [-0.3, -0.25) is 24.1 Å². The number of Topliss-reactive ketones (excluding diaryl/α,β-unsaturated/α-hetero) is 1. The normalized spacial score (nSPS) is 20.6. The second-order valence-corrected chi connectivity index (χ2v) is 7.85. The highest BCUT2D eigenvalue weighted by Gasteiger charge is 2.48. The molecule has 2 aromatic rings. The van der Waals surface area contributed by atoms with E-state index in [9.17, 15) is 19.2 Å². The minimum atomic E-state index is -0.360. The maximum absolute atomic E-state index is 12.9. The molecule has 0 radical (unpaired) electrons. The zero-order chi connectivity index (χ0) is 21.4. The first-order valence-electron chi connectivity index (χ1n) is 9.91. The molecule has 1 heterocycles. The molecule has 152 valence electrons. The standard InChI is InChI=1S/C24H22N2O4/c1-14-6-11-20-21(12-14)24(30)26(23(20)29)19-5-3-4-17(13-19)22(28)25-18-9-7-16(8-10-18)15(2)27/h3-10,13,20-21H,11-12H2,1-2H3,(H,25,28)/t20-,21+/m1/s1. The molecule has 6 heteroatoms. The number of fused-ring (bicyclic) bond motifs is 1. The van der Waals surface area contributed by atoms with Crippen molar-refractivity contribution in [2.24, 2.45) is 11.8 Å². The second-order valence-electron chi connectivity index (χ2n) is 7.85. The van der Waals surface area contributed by atoms with E-state index in [0.29, 0.717) is 35.3 Å². The van der Waals surface area contributed by atoms with E-state index < -0.39 is 0 Å². The highest BCUT2D eigenvalue weighted by atomic mass is 16.2. The number of hydrogen-bond donors (Lipinski definition) is 1. The summed E-state index contributed by atoms with van der Waals surface area (Å²) in [5, 5.41) is 2.77. The molecule has 1 N–H and O–H groups in total. The molecule has 1 aliphatic heterocycles. The molecule has 2 atom stereocenters. The van der Waals surface area contributed by atoms with Gasteiger partial charge in [0, 0.05) is 16.8 Å². The highest BCUT2D eigenvalue weighted by Crippen LogP contribution is 2.39. The Balaban J connectivity index is 1.54. The van der Waals surface area contributed by atoms with Crippen LogP contribution in [0.5, 0.6) is 0 Å². The highest BCUT2D eigenvalue weighted by molar-refractivity contribution is 6.22. The van der Waals surface area contributed by atoms with Crippen LogP contribution < -0.4 is 10.2 Å². The van der Waals surface area contributed by atoms with Crippen LogP contribution in [0.3, 0.4) is 0 Å². The van der Waals surface area contributed by atoms with Gasteiger partial charge in [0.15, 0.2) is 5.78 Å². The Hall–Kier alpha value is -3.54. The van der Waals surface area contributed by atoms with Gasteiger partial charge in [-0.25, -0.2) is 0 Å². The fourth-order valence-corrected chi connectivity index (χ4v) is 4.07. The monoisotopic (exact) mass is 402 g/mol. The van der Waals surface area contributed by atoms with Crippen molar-refractivity contribution in [3.05, 3.63) is 71.3 Å². The van der Waals surface area contributed by atoms with Crippen LogP contribution in [0.1, 0.15) is 47.4 Å². The third-order valence-corrected chi connectivity index (χ3v) is 5.74. The largest absolute Gasteiger partial charge is 0.322 e. The van der Waals surface area contributed by atoms with Crippen LogP contribution in [-0.4, -0.2) is 23.5 Å². The van der Waals surface area contributed by atoms with Gasteiger partial charge in [-0.15, -0.1) is 0 Å². The average molecular weight is 402 g/mol. The summed E-state index contributed by atoms with van der Waals surface area (Å²) in [6, 6.07) is 13.1. The summed E-state index contributed by atoms with van der Waals surface area (Å²) < 4.78 is 0. The van der Waals surface area contributed by atoms with Crippen molar-refractivity contribution in [1.29, 1.82) is 0 Å². The molecular weight excluding hydrogens is 380 g/mol. The number of ketones is 1. The van der Waals surface area contributed by atoms with E-state index in [2.05, 4.69) is 5.32 Å². The number of carbonyl (C=O) groups excluding carboxylic acids is 4. The number of benzene rings is 2. The fourth-order valence-electron chi connectivity index (χ4n) is 4.07. The zero-order valence-electron chi connectivity index (χ0n) is 16.8. The van der Waals surface area contributed by atoms with Crippen molar-refractivity contribution in [1.82, 2.24) is 0 Å². The van der Waals surface area contributed by atoms with Crippen LogP contribution in [0, 0.1) is 11.8 Å². The quantitative estimate of drug-likeness (QED) is 0.476. The number of allylic oxidation sites excluding steroid dienone is 2. The maximum atomic E-state index is 12.9. The lowest BCUT2D eigenvalue weighted by Gasteiger charge is -2.18. The van der Waals surface area contributed by atoms with Crippen molar-refractivity contribution < 1.29 is 19.2 Å². The molecule has 1 fully saturated rings. The van der Waals surface area contributed by atoms with E-state index in [-0.39, 0.29) is 35.3 Å². The van der Waals surface area contributed by atoms with E-state index in [1.54, 1.807) is 48.5 Å². The van der Waals surface area contributed by atoms with Crippen LogP contribution in [0.2, 0.25) is 0 Å². The van der Waals surface area contributed by atoms with Crippen LogP contribution >= 0.6 is 0 Å². The third kappa shape index (κ3) is 3.56. The molecule has 0 bridgehead atoms. The number of carbonyl (C=O) groups is 4. The zero-order valence-corrected chi connectivity index (χ0v) is 16.8. The van der Waals surface area contributed by atoms with Crippen LogP contribution in [-0.2, 0) is 9.59 Å². The first-order valence-corrected chi connectivity index (χ1v) is 9.91. The molecule has 6 nitrogen and oxygen atoms in total. The molecule has 1 saturated heterocycles. The Morgan fingerprint density at radius 3 is 2.37 bits per heavy atom. The van der Waals surface area contributed by atoms with Gasteiger partial charge in [0.05, 0.1) is 17.5 Å². The third-order valence-electron chi connectivity index (χ3n) is 5.74. The lowest BCUT2D eigenvalue weighted by Crippen LogP contribution is -2.31. The first-order chi connectivity index (χ1) is 14.3. The summed E-state index contributed by atoms with van der Waals surface area (Å²) in [6.07, 6.45) is 3.20. The topological polar surface area (TPSA) is 83.6 Å². The smallest absolute Gasteiger partial charge is 0.255 e. The second kappa shape index (κ2) is 7.71. The van der Waals surface area contributed by atoms with Gasteiger partial charge in [0.2, 0.25) is 11.8 Å². The van der Waals surface area contributed by atoms with Gasteiger partial charge in [-0.2, -0.15) is 0 Å². The molecule has 30 heavy (non-hydrogen) atoms. The Labute approximate surface area is 174 Å². The maximum Gasteiger partial charge on any atom is 0.255 e. The fraction of sp³-hybridized carbons (Fsp3) is 0.250. The summed E-state index contributed by atoms with van der Waals surface area (Å²) in [5.74, 6) is -1.45. The van der Waals surface area contributed by atoms with Gasteiger partial charge < -0.3 is 5.32 Å². The van der Waals surface area contributed by atoms with Gasteiger partial charge in [-0.1, -0.05) is 17.7 Å². The Kier molecular flexibility index (Phi) is 5.08. The van der Waals surface area contributed by atoms with E-state index >= 15 is 0 Å². The minimum absolute atomic E-state index is 0.0496. The number of anilines is 2.